The van der Waals surface area contributed by atoms with Crippen LogP contribution in [-0.4, -0.2) is 25.4 Å². The molecule has 6 heteroatoms. The van der Waals surface area contributed by atoms with Gasteiger partial charge in [-0.3, -0.25) is 0 Å². The fraction of sp³-hybridized carbons (Fsp3) is 0.725. The number of allylic oxidation sites excluding steroid dienone is 3. The van der Waals surface area contributed by atoms with Crippen molar-refractivity contribution in [1.82, 2.24) is 0 Å². The van der Waals surface area contributed by atoms with Crippen molar-refractivity contribution in [2.75, 3.05) is 7.11 Å². The molecule has 1 aromatic rings. The SMILES string of the molecule is C=C1CC[C@H]2C(C)(C)[C@@H](OC(=O)[C@](OC)(c3ccccc3)C(F)(F)F)CC[C@]2(C)[C@H]1CCC1=C(C)CC[C@@]2(C)CCC(C)(C)C[C@@H]12. The van der Waals surface area contributed by atoms with Crippen LogP contribution in [0.15, 0.2) is 53.6 Å². The molecule has 1 aromatic carbocycles. The fourth-order valence-corrected chi connectivity index (χ4v) is 10.7. The number of hydrogen-bond donors (Lipinski definition) is 0. The molecule has 3 nitrogen and oxygen atoms in total. The van der Waals surface area contributed by atoms with Crippen LogP contribution in [-0.2, 0) is 19.9 Å². The molecule has 0 aromatic heterocycles. The maximum absolute atomic E-state index is 14.7. The fourth-order valence-electron chi connectivity index (χ4n) is 10.7. The minimum absolute atomic E-state index is 0.0676. The van der Waals surface area contributed by atoms with Gasteiger partial charge < -0.3 is 9.47 Å². The lowest BCUT2D eigenvalue weighted by Gasteiger charge is -2.60. The first-order chi connectivity index (χ1) is 21.3. The van der Waals surface area contributed by atoms with E-state index in [2.05, 4.69) is 55.0 Å². The molecule has 0 saturated heterocycles. The van der Waals surface area contributed by atoms with Crippen molar-refractivity contribution >= 4 is 5.97 Å². The summed E-state index contributed by atoms with van der Waals surface area (Å²) in [5.74, 6) is -0.242. The molecule has 0 amide bonds. The number of carbonyl (C=O) groups excluding carboxylic acids is 1. The van der Waals surface area contributed by atoms with Gasteiger partial charge in [0, 0.05) is 18.1 Å². The van der Waals surface area contributed by atoms with Crippen LogP contribution < -0.4 is 0 Å². The number of benzene rings is 1. The summed E-state index contributed by atoms with van der Waals surface area (Å²) in [6.07, 6.45) is 5.93. The van der Waals surface area contributed by atoms with Gasteiger partial charge in [-0.1, -0.05) is 95.2 Å². The highest BCUT2D eigenvalue weighted by Gasteiger charge is 2.65. The molecular formula is C40H57F3O3. The highest BCUT2D eigenvalue weighted by Crippen LogP contribution is 2.64. The molecule has 3 fully saturated rings. The van der Waals surface area contributed by atoms with Gasteiger partial charge in [-0.2, -0.15) is 13.2 Å². The molecule has 5 rings (SSSR count). The van der Waals surface area contributed by atoms with Gasteiger partial charge in [0.25, 0.3) is 5.60 Å². The molecule has 0 aliphatic heterocycles. The van der Waals surface area contributed by atoms with Crippen molar-refractivity contribution in [2.24, 2.45) is 39.4 Å². The molecule has 0 unspecified atom stereocenters. The number of methoxy groups -OCH3 is 1. The van der Waals surface area contributed by atoms with Crippen LogP contribution in [0.2, 0.25) is 0 Å². The molecule has 7 atom stereocenters. The average Bonchev–Trinajstić information content (AvgIpc) is 2.96. The molecule has 256 valence electrons. The van der Waals surface area contributed by atoms with Crippen LogP contribution >= 0.6 is 0 Å². The third-order valence-corrected chi connectivity index (χ3v) is 13.6. The summed E-state index contributed by atoms with van der Waals surface area (Å²) in [7, 11) is 0.933. The van der Waals surface area contributed by atoms with E-state index in [-0.39, 0.29) is 16.9 Å². The number of hydrogen-bond acceptors (Lipinski definition) is 3. The Kier molecular flexibility index (Phi) is 9.28. The van der Waals surface area contributed by atoms with Gasteiger partial charge in [0.05, 0.1) is 0 Å². The number of halogens is 3. The second-order valence-corrected chi connectivity index (χ2v) is 17.2. The van der Waals surface area contributed by atoms with Gasteiger partial charge >= 0.3 is 12.1 Å². The standard InChI is InChI=1S/C40H57F3O3/c1-26-19-21-37(7)24-23-35(3,4)25-31(37)29(26)16-17-30-27(2)15-18-32-36(5,6)33(20-22-38(30,32)8)46-34(44)39(45-9,40(41,42)43)28-13-11-10-12-14-28/h10-14,30-33H,2,15-25H2,1,3-9H3/t30-,31-,32-,33-,37-,38+,39+/m0/s1. The monoisotopic (exact) mass is 642 g/mol. The van der Waals surface area contributed by atoms with Crippen molar-refractivity contribution in [3.63, 3.8) is 0 Å². The van der Waals surface area contributed by atoms with Gasteiger partial charge in [-0.05, 0) is 112 Å². The molecule has 0 bridgehead atoms. The van der Waals surface area contributed by atoms with E-state index in [9.17, 15) is 18.0 Å². The molecular weight excluding hydrogens is 585 g/mol. The molecule has 0 heterocycles. The highest BCUT2D eigenvalue weighted by molar-refractivity contribution is 5.83. The number of fused-ring (bicyclic) bond motifs is 2. The largest absolute Gasteiger partial charge is 0.459 e. The third kappa shape index (κ3) is 5.81. The van der Waals surface area contributed by atoms with E-state index in [1.54, 1.807) is 17.2 Å². The zero-order valence-corrected chi connectivity index (χ0v) is 29.5. The second-order valence-electron chi connectivity index (χ2n) is 17.2. The van der Waals surface area contributed by atoms with E-state index in [4.69, 9.17) is 9.47 Å². The van der Waals surface area contributed by atoms with Crippen LogP contribution in [0.5, 0.6) is 0 Å². The van der Waals surface area contributed by atoms with Crippen molar-refractivity contribution in [2.45, 2.75) is 137 Å². The molecule has 0 spiro atoms. The Labute approximate surface area is 275 Å². The highest BCUT2D eigenvalue weighted by atomic mass is 19.4. The first-order valence-electron chi connectivity index (χ1n) is 17.6. The topological polar surface area (TPSA) is 35.5 Å². The Bertz CT molecular complexity index is 1340. The first kappa shape index (κ1) is 35.2. The smallest absolute Gasteiger partial charge is 0.432 e. The van der Waals surface area contributed by atoms with Crippen molar-refractivity contribution < 1.29 is 27.4 Å². The summed E-state index contributed by atoms with van der Waals surface area (Å²) in [4.78, 5) is 13.7. The van der Waals surface area contributed by atoms with Gasteiger partial charge in [-0.25, -0.2) is 4.79 Å². The number of ether oxygens (including phenoxy) is 2. The maximum Gasteiger partial charge on any atom is 0.432 e. The summed E-state index contributed by atoms with van der Waals surface area (Å²) < 4.78 is 55.0. The lowest BCUT2D eigenvalue weighted by Crippen LogP contribution is -2.58. The van der Waals surface area contributed by atoms with E-state index in [0.717, 1.165) is 39.2 Å². The molecule has 46 heavy (non-hydrogen) atoms. The van der Waals surface area contributed by atoms with Crippen LogP contribution in [0.25, 0.3) is 0 Å². The van der Waals surface area contributed by atoms with E-state index in [1.165, 1.54) is 61.9 Å². The summed E-state index contributed by atoms with van der Waals surface area (Å²) >= 11 is 0. The van der Waals surface area contributed by atoms with Crippen molar-refractivity contribution in [3.8, 4) is 0 Å². The lowest BCUT2D eigenvalue weighted by atomic mass is 9.46. The van der Waals surface area contributed by atoms with Crippen molar-refractivity contribution in [1.29, 1.82) is 0 Å². The molecule has 0 N–H and O–H groups in total. The van der Waals surface area contributed by atoms with E-state index in [1.807, 2.05) is 0 Å². The average molecular weight is 643 g/mol. The predicted octanol–water partition coefficient (Wildman–Crippen LogP) is 11.1. The minimum Gasteiger partial charge on any atom is -0.459 e. The molecule has 4 aliphatic carbocycles. The summed E-state index contributed by atoms with van der Waals surface area (Å²) in [6.45, 7) is 20.9. The van der Waals surface area contributed by atoms with Crippen LogP contribution in [0.1, 0.15) is 125 Å². The normalized spacial score (nSPS) is 35.5. The third-order valence-electron chi connectivity index (χ3n) is 13.6. The zero-order chi connectivity index (χ0) is 33.9. The van der Waals surface area contributed by atoms with Crippen molar-refractivity contribution in [3.05, 3.63) is 59.2 Å². The Morgan fingerprint density at radius 1 is 0.957 bits per heavy atom. The van der Waals surface area contributed by atoms with Crippen LogP contribution in [0, 0.1) is 39.4 Å². The van der Waals surface area contributed by atoms with Crippen LogP contribution in [0.3, 0.4) is 0 Å². The number of rotatable bonds is 7. The quantitative estimate of drug-likeness (QED) is 0.219. The number of carbonyl (C=O) groups is 1. The first-order valence-corrected chi connectivity index (χ1v) is 17.6. The maximum atomic E-state index is 14.7. The minimum atomic E-state index is -4.99. The lowest BCUT2D eigenvalue weighted by molar-refractivity contribution is -0.282. The van der Waals surface area contributed by atoms with Gasteiger partial charge in [0.15, 0.2) is 0 Å². The summed E-state index contributed by atoms with van der Waals surface area (Å²) in [5, 5.41) is 0. The number of alkyl halides is 3. The van der Waals surface area contributed by atoms with Crippen LogP contribution in [0.4, 0.5) is 13.2 Å². The van der Waals surface area contributed by atoms with Gasteiger partial charge in [0.2, 0.25) is 0 Å². The van der Waals surface area contributed by atoms with E-state index >= 15 is 0 Å². The van der Waals surface area contributed by atoms with E-state index in [0.29, 0.717) is 29.1 Å². The molecule has 0 radical (unpaired) electrons. The summed E-state index contributed by atoms with van der Waals surface area (Å²) in [6, 6.07) is 7.13. The molecule has 3 saturated carbocycles. The zero-order valence-electron chi connectivity index (χ0n) is 29.5. The molecule has 4 aliphatic rings. The predicted molar refractivity (Wildman–Crippen MR) is 178 cm³/mol. The Hall–Kier alpha value is -2.08. The Balaban J connectivity index is 1.38. The Morgan fingerprint density at radius 3 is 2.26 bits per heavy atom. The number of esters is 1. The van der Waals surface area contributed by atoms with Gasteiger partial charge in [-0.15, -0.1) is 0 Å². The van der Waals surface area contributed by atoms with E-state index < -0.39 is 29.3 Å². The van der Waals surface area contributed by atoms with Gasteiger partial charge in [0.1, 0.15) is 6.10 Å². The second kappa shape index (κ2) is 12.1. The Morgan fingerprint density at radius 2 is 1.63 bits per heavy atom. The summed E-state index contributed by atoms with van der Waals surface area (Å²) in [5.41, 5.74) is 1.30.